The van der Waals surface area contributed by atoms with E-state index in [1.165, 1.54) is 11.8 Å². The lowest BCUT2D eigenvalue weighted by Gasteiger charge is -2.07. The molecule has 10 nitrogen and oxygen atoms in total. The number of nitrogens with zero attached hydrogens (tertiary/aromatic N) is 2. The fourth-order valence-electron chi connectivity index (χ4n) is 4.93. The second-order valence-corrected chi connectivity index (χ2v) is 12.7. The van der Waals surface area contributed by atoms with Gasteiger partial charge in [0.2, 0.25) is 5.91 Å². The Balaban J connectivity index is 0.937. The zero-order valence-electron chi connectivity index (χ0n) is 25.3. The van der Waals surface area contributed by atoms with E-state index in [9.17, 15) is 19.2 Å². The van der Waals surface area contributed by atoms with E-state index < -0.39 is 0 Å². The van der Waals surface area contributed by atoms with Gasteiger partial charge in [-0.15, -0.1) is 0 Å². The summed E-state index contributed by atoms with van der Waals surface area (Å²) in [6.45, 7) is 3.00. The third-order valence-corrected chi connectivity index (χ3v) is 8.69. The molecule has 0 saturated carbocycles. The number of Topliss-reactive ketones (excluding diaryl/α,β-unsaturated/α-hetero) is 1. The van der Waals surface area contributed by atoms with E-state index in [2.05, 4.69) is 26.3 Å². The molecule has 1 fully saturated rings. The number of rotatable bonds is 14. The smallest absolute Gasteiger partial charge is 0.263 e. The maximum atomic E-state index is 12.6. The monoisotopic (exact) mass is 655 g/mol. The van der Waals surface area contributed by atoms with Gasteiger partial charge < -0.3 is 16.0 Å². The van der Waals surface area contributed by atoms with Crippen molar-refractivity contribution < 1.29 is 23.8 Å². The van der Waals surface area contributed by atoms with E-state index in [4.69, 9.17) is 16.8 Å². The van der Waals surface area contributed by atoms with Crippen LogP contribution in [0.4, 0.5) is 0 Å². The number of thioether (sulfide) groups is 1. The first-order chi connectivity index (χ1) is 22.3. The third-order valence-electron chi connectivity index (χ3n) is 7.52. The van der Waals surface area contributed by atoms with E-state index in [0.717, 1.165) is 52.5 Å². The molecule has 1 aromatic heterocycles. The molecule has 0 aliphatic carbocycles. The van der Waals surface area contributed by atoms with E-state index in [1.807, 2.05) is 31.2 Å². The van der Waals surface area contributed by atoms with Gasteiger partial charge in [0.05, 0.1) is 4.91 Å². The van der Waals surface area contributed by atoms with Crippen LogP contribution in [0.25, 0.3) is 17.1 Å². The number of amides is 3. The molecule has 3 aromatic carbocycles. The van der Waals surface area contributed by atoms with Gasteiger partial charge in [0.25, 0.3) is 11.8 Å². The second kappa shape index (κ2) is 15.5. The molecule has 3 N–H and O–H groups in total. The van der Waals surface area contributed by atoms with Gasteiger partial charge in [0.1, 0.15) is 15.4 Å². The van der Waals surface area contributed by atoms with Crippen molar-refractivity contribution in [2.75, 3.05) is 13.1 Å². The molecule has 1 saturated heterocycles. The summed E-state index contributed by atoms with van der Waals surface area (Å²) in [5.41, 5.74) is 6.45. The van der Waals surface area contributed by atoms with E-state index in [0.29, 0.717) is 39.9 Å². The van der Waals surface area contributed by atoms with Crippen LogP contribution in [0.15, 0.2) is 70.2 Å². The molecule has 46 heavy (non-hydrogen) atoms. The summed E-state index contributed by atoms with van der Waals surface area (Å²) in [6, 6.07) is 18.4. The summed E-state index contributed by atoms with van der Waals surface area (Å²) in [5, 5.41) is 16.3. The minimum atomic E-state index is -0.215. The van der Waals surface area contributed by atoms with E-state index in [-0.39, 0.29) is 36.3 Å². The van der Waals surface area contributed by atoms with Crippen molar-refractivity contribution >= 4 is 68.9 Å². The number of fused-ring (bicyclic) bond motifs is 1. The van der Waals surface area contributed by atoms with Crippen LogP contribution in [0.2, 0.25) is 0 Å². The zero-order valence-corrected chi connectivity index (χ0v) is 26.9. The number of hydrogen-bond acceptors (Lipinski definition) is 9. The minimum Gasteiger partial charge on any atom is -0.356 e. The number of nitrogens with one attached hydrogen (secondary N) is 3. The Hall–Kier alpha value is -4.68. The normalized spacial score (nSPS) is 13.6. The molecular weight excluding hydrogens is 623 g/mol. The predicted octanol–water partition coefficient (Wildman–Crippen LogP) is 5.29. The van der Waals surface area contributed by atoms with Crippen molar-refractivity contribution in [2.24, 2.45) is 0 Å². The predicted molar refractivity (Wildman–Crippen MR) is 181 cm³/mol. The molecule has 2 heterocycles. The molecule has 0 spiro atoms. The number of unbranched alkanes of at least 4 members (excludes halogenated alkanes) is 2. The first kappa shape index (κ1) is 32.7. The number of aromatic nitrogens is 2. The van der Waals surface area contributed by atoms with Crippen molar-refractivity contribution in [1.29, 1.82) is 0 Å². The molecule has 0 atom stereocenters. The van der Waals surface area contributed by atoms with Crippen molar-refractivity contribution in [2.45, 2.75) is 45.4 Å². The maximum Gasteiger partial charge on any atom is 0.263 e. The Bertz CT molecular complexity index is 1800. The molecule has 3 amide bonds. The van der Waals surface area contributed by atoms with Crippen LogP contribution < -0.4 is 16.0 Å². The van der Waals surface area contributed by atoms with Crippen LogP contribution in [-0.4, -0.2) is 51.2 Å². The van der Waals surface area contributed by atoms with Crippen molar-refractivity contribution in [3.8, 4) is 0 Å². The average Bonchev–Trinajstić information content (AvgIpc) is 3.68. The van der Waals surface area contributed by atoms with Crippen molar-refractivity contribution in [3.63, 3.8) is 0 Å². The number of benzene rings is 3. The quantitative estimate of drug-likeness (QED) is 0.0715. The third kappa shape index (κ3) is 8.73. The highest BCUT2D eigenvalue weighted by Gasteiger charge is 2.22. The Labute approximate surface area is 275 Å². The molecule has 4 aromatic rings. The topological polar surface area (TPSA) is 143 Å². The lowest BCUT2D eigenvalue weighted by molar-refractivity contribution is -0.121. The van der Waals surface area contributed by atoms with Gasteiger partial charge in [-0.25, -0.2) is 4.63 Å². The average molecular weight is 656 g/mol. The Kier molecular flexibility index (Phi) is 11.1. The maximum absolute atomic E-state index is 12.6. The lowest BCUT2D eigenvalue weighted by atomic mass is 9.99. The van der Waals surface area contributed by atoms with Crippen LogP contribution in [0.1, 0.15) is 75.1 Å². The highest BCUT2D eigenvalue weighted by Crippen LogP contribution is 2.26. The van der Waals surface area contributed by atoms with Gasteiger partial charge in [-0.2, -0.15) is 0 Å². The molecular formula is C34H33N5O5S2. The highest BCUT2D eigenvalue weighted by atomic mass is 32.2. The molecule has 0 unspecified atom stereocenters. The van der Waals surface area contributed by atoms with E-state index >= 15 is 0 Å². The summed E-state index contributed by atoms with van der Waals surface area (Å²) < 4.78 is 5.34. The number of carbonyl (C=O) groups excluding carboxylic acids is 4. The van der Waals surface area contributed by atoms with Gasteiger partial charge in [0, 0.05) is 37.1 Å². The molecule has 1 aliphatic rings. The molecule has 12 heteroatoms. The summed E-state index contributed by atoms with van der Waals surface area (Å²) in [6.07, 6.45) is 5.03. The summed E-state index contributed by atoms with van der Waals surface area (Å²) in [5.74, 6) is -0.616. The number of hydrogen-bond donors (Lipinski definition) is 3. The van der Waals surface area contributed by atoms with Gasteiger partial charge in [-0.1, -0.05) is 72.5 Å². The Morgan fingerprint density at radius 1 is 0.870 bits per heavy atom. The van der Waals surface area contributed by atoms with Crippen LogP contribution >= 0.6 is 24.0 Å². The van der Waals surface area contributed by atoms with Crippen molar-refractivity contribution in [1.82, 2.24) is 26.3 Å². The first-order valence-electron chi connectivity index (χ1n) is 15.0. The Morgan fingerprint density at radius 2 is 1.57 bits per heavy atom. The molecule has 1 aliphatic heterocycles. The standard InChI is InChI=1S/C34H33N5O5S2/c1-21-5-10-26(31-30(21)38-44-39-31)19-22-6-11-24(12-7-22)27(40)15-16-29(41)35-17-3-2-4-18-36-32(42)25-13-8-23(9-14-25)20-28-33(43)37-34(45)46-28/h5-14,20H,2-4,15-19H2,1H3,(H,35,41)(H,36,42)(H,37,43,45)/b28-20-. The van der Waals surface area contributed by atoms with Gasteiger partial charge in [0.15, 0.2) is 5.78 Å². The summed E-state index contributed by atoms with van der Waals surface area (Å²) in [4.78, 5) is 49.7. The number of carbonyl (C=O) groups is 4. The van der Waals surface area contributed by atoms with Crippen LogP contribution in [0, 0.1) is 6.92 Å². The molecule has 0 radical (unpaired) electrons. The van der Waals surface area contributed by atoms with Crippen LogP contribution in [-0.2, 0) is 16.0 Å². The molecule has 0 bridgehead atoms. The molecule has 5 rings (SSSR count). The van der Waals surface area contributed by atoms with Gasteiger partial charge in [-0.3, -0.25) is 19.2 Å². The number of aryl methyl sites for hydroxylation is 1. The lowest BCUT2D eigenvalue weighted by Crippen LogP contribution is -2.26. The fraction of sp³-hybridized carbons (Fsp3) is 0.265. The van der Waals surface area contributed by atoms with Gasteiger partial charge in [-0.05, 0) is 83.4 Å². The fourth-order valence-corrected chi connectivity index (χ4v) is 5.98. The summed E-state index contributed by atoms with van der Waals surface area (Å²) >= 11 is 6.21. The highest BCUT2D eigenvalue weighted by molar-refractivity contribution is 8.26. The van der Waals surface area contributed by atoms with E-state index in [1.54, 1.807) is 42.5 Å². The largest absolute Gasteiger partial charge is 0.356 e. The number of thiocarbonyl (C=S) groups is 1. The molecule has 236 valence electrons. The SMILES string of the molecule is Cc1ccc(Cc2ccc(C(=O)CCC(=O)NCCCCCNC(=O)c3ccc(/C=C4\SC(=S)NC4=O)cc3)cc2)c2nonc12. The van der Waals surface area contributed by atoms with Gasteiger partial charge >= 0.3 is 0 Å². The zero-order chi connectivity index (χ0) is 32.5. The minimum absolute atomic E-state index is 0.0765. The van der Waals surface area contributed by atoms with Crippen LogP contribution in [0.3, 0.4) is 0 Å². The first-order valence-corrected chi connectivity index (χ1v) is 16.2. The van der Waals surface area contributed by atoms with Crippen LogP contribution in [0.5, 0.6) is 0 Å². The van der Waals surface area contributed by atoms with Crippen molar-refractivity contribution in [3.05, 3.63) is 98.9 Å². The Morgan fingerprint density at radius 3 is 2.28 bits per heavy atom. The second-order valence-electron chi connectivity index (χ2n) is 10.9. The summed E-state index contributed by atoms with van der Waals surface area (Å²) in [7, 11) is 0. The number of ketones is 1.